The van der Waals surface area contributed by atoms with Crippen molar-refractivity contribution in [2.75, 3.05) is 17.2 Å². The minimum absolute atomic E-state index is 0.328. The first kappa shape index (κ1) is 56.8. The van der Waals surface area contributed by atoms with Crippen molar-refractivity contribution >= 4 is 98.1 Å². The number of nitrogens with two attached hydrogens (primary N) is 3. The molecule has 9 aromatic heterocycles. The van der Waals surface area contributed by atoms with E-state index >= 15 is 0 Å². The fourth-order valence-corrected chi connectivity index (χ4v) is 10.3. The topological polar surface area (TPSA) is 264 Å². The van der Waals surface area contributed by atoms with Crippen LogP contribution in [0.2, 0.25) is 15.5 Å². The van der Waals surface area contributed by atoms with Crippen molar-refractivity contribution in [1.82, 2.24) is 73.7 Å². The lowest BCUT2D eigenvalue weighted by atomic mass is 9.79. The monoisotopic (exact) mass is 1210 g/mol. The molecule has 1 aliphatic rings. The SMILES string of the molecule is Cc1cc(-c2c(-c3ccccc3)nc(N)n3cnnc23)cc(Cl)n1.Cc1cc(-c2c(-c3ccccc3)nc(N)n3cnnc23)cc(Cl)n1.Cc1cc(B2OC(C)(C)C(C)(C)O2)cc(Cl)n1.Nc1nc(-c2ccccc2)c(Br)c2nncn12. The molecule has 10 heterocycles. The fraction of sp³-hybridized carbons (Fsp3) is 0.158. The fourth-order valence-electron chi connectivity index (χ4n) is 8.92. The highest BCUT2D eigenvalue weighted by Crippen LogP contribution is 2.39. The molecule has 0 spiro atoms. The Morgan fingerprint density at radius 2 is 0.780 bits per heavy atom. The molecule has 20 nitrogen and oxygen atoms in total. The molecule has 12 aromatic rings. The van der Waals surface area contributed by atoms with E-state index in [2.05, 4.69) is 76.4 Å². The lowest BCUT2D eigenvalue weighted by Crippen LogP contribution is -2.41. The largest absolute Gasteiger partial charge is 0.495 e. The predicted molar refractivity (Wildman–Crippen MR) is 325 cm³/mol. The van der Waals surface area contributed by atoms with Crippen LogP contribution in [0.3, 0.4) is 0 Å². The van der Waals surface area contributed by atoms with Crippen molar-refractivity contribution in [2.45, 2.75) is 59.7 Å². The summed E-state index contributed by atoms with van der Waals surface area (Å²) in [6.45, 7) is 13.8. The predicted octanol–water partition coefficient (Wildman–Crippen LogP) is 11.3. The second-order valence-electron chi connectivity index (χ2n) is 19.8. The van der Waals surface area contributed by atoms with E-state index in [0.717, 1.165) is 83.0 Å². The van der Waals surface area contributed by atoms with Gasteiger partial charge < -0.3 is 26.5 Å². The summed E-state index contributed by atoms with van der Waals surface area (Å²) in [7, 11) is -0.376. The Balaban J connectivity index is 0.000000124. The van der Waals surface area contributed by atoms with Gasteiger partial charge in [-0.2, -0.15) is 0 Å². The zero-order valence-corrected chi connectivity index (χ0v) is 49.1. The molecule has 6 N–H and O–H groups in total. The lowest BCUT2D eigenvalue weighted by molar-refractivity contribution is 0.00578. The maximum absolute atomic E-state index is 6.16. The number of anilines is 3. The van der Waals surface area contributed by atoms with Crippen molar-refractivity contribution in [3.8, 4) is 56.0 Å². The number of nitrogen functional groups attached to an aromatic ring is 3. The molecule has 13 rings (SSSR count). The van der Waals surface area contributed by atoms with E-state index < -0.39 is 0 Å². The first-order chi connectivity index (χ1) is 39.2. The number of halogens is 4. The van der Waals surface area contributed by atoms with Gasteiger partial charge in [-0.05, 0) is 117 Å². The second-order valence-corrected chi connectivity index (χ2v) is 21.7. The van der Waals surface area contributed by atoms with Crippen molar-refractivity contribution in [2.24, 2.45) is 0 Å². The Bertz CT molecular complexity index is 4040. The molecule has 0 amide bonds. The molecule has 1 aliphatic heterocycles. The second kappa shape index (κ2) is 23.5. The number of aromatic nitrogens is 15. The Hall–Kier alpha value is -8.51. The van der Waals surface area contributed by atoms with Crippen molar-refractivity contribution in [3.05, 3.63) is 183 Å². The van der Waals surface area contributed by atoms with Crippen LogP contribution >= 0.6 is 50.7 Å². The van der Waals surface area contributed by atoms with Gasteiger partial charge in [0.25, 0.3) is 0 Å². The Kier molecular flexibility index (Phi) is 16.3. The number of fused-ring (bicyclic) bond motifs is 3. The highest BCUT2D eigenvalue weighted by atomic mass is 79.9. The number of pyridine rings is 3. The minimum Gasteiger partial charge on any atom is -0.399 e. The van der Waals surface area contributed by atoms with Gasteiger partial charge in [-0.25, -0.2) is 29.9 Å². The van der Waals surface area contributed by atoms with Gasteiger partial charge in [-0.1, -0.05) is 126 Å². The van der Waals surface area contributed by atoms with Crippen LogP contribution in [0.5, 0.6) is 0 Å². The average Bonchev–Trinajstić information content (AvgIpc) is 4.46. The van der Waals surface area contributed by atoms with Gasteiger partial charge in [0, 0.05) is 33.8 Å². The first-order valence-electron chi connectivity index (χ1n) is 25.3. The molecule has 412 valence electrons. The third-order valence-corrected chi connectivity index (χ3v) is 14.7. The van der Waals surface area contributed by atoms with Gasteiger partial charge in [0.1, 0.15) is 34.4 Å². The van der Waals surface area contributed by atoms with E-state index in [1.165, 1.54) is 6.33 Å². The first-order valence-corrected chi connectivity index (χ1v) is 27.3. The molecule has 1 saturated heterocycles. The standard InChI is InChI=1S/2C17H13ClN6.C12H17BClNO2.C11H8BrN5/c2*1-10-7-12(8-13(18)21-10)14-15(11-5-3-2-4-6-11)22-17(19)24-9-20-23-16(14)24;1-8-6-9(7-10(14)15-8)13-16-11(2,3)12(4,5)17-13;12-8-9(7-4-2-1-3-5-7)15-11(13)17-6-14-16-10(8)17/h2*2-9H,1H3,(H2,19,22);6-7H,1-5H3;1-6H,(H2,13,15). The van der Waals surface area contributed by atoms with E-state index in [9.17, 15) is 0 Å². The molecule has 0 radical (unpaired) electrons. The molecule has 0 saturated carbocycles. The van der Waals surface area contributed by atoms with Crippen LogP contribution in [0.15, 0.2) is 151 Å². The van der Waals surface area contributed by atoms with Crippen LogP contribution in [0.25, 0.3) is 73.0 Å². The number of hydrogen-bond donors (Lipinski definition) is 3. The maximum atomic E-state index is 6.16. The van der Waals surface area contributed by atoms with E-state index in [1.807, 2.05) is 158 Å². The highest BCUT2D eigenvalue weighted by molar-refractivity contribution is 9.10. The molecule has 3 aromatic carbocycles. The Labute approximate surface area is 494 Å². The zero-order chi connectivity index (χ0) is 58.0. The van der Waals surface area contributed by atoms with Crippen LogP contribution in [0, 0.1) is 20.8 Å². The molecular weight excluding hydrogens is 1170 g/mol. The molecule has 0 unspecified atom stereocenters. The van der Waals surface area contributed by atoms with Gasteiger partial charge in [0.15, 0.2) is 16.9 Å². The van der Waals surface area contributed by atoms with E-state index in [1.54, 1.807) is 44.1 Å². The number of aryl methyl sites for hydroxylation is 3. The van der Waals surface area contributed by atoms with Crippen LogP contribution in [0.1, 0.15) is 44.8 Å². The number of benzene rings is 3. The molecule has 0 aliphatic carbocycles. The summed E-state index contributed by atoms with van der Waals surface area (Å²) in [5, 5.41) is 25.5. The summed E-state index contributed by atoms with van der Waals surface area (Å²) in [5.41, 5.74) is 31.2. The number of rotatable bonds is 6. The number of hydrogen-bond acceptors (Lipinski definition) is 17. The summed E-state index contributed by atoms with van der Waals surface area (Å²) < 4.78 is 17.6. The highest BCUT2D eigenvalue weighted by Gasteiger charge is 2.51. The molecular formula is C57H51BBrCl3N18O2. The quantitative estimate of drug-likeness (QED) is 0.103. The molecule has 25 heteroatoms. The van der Waals surface area contributed by atoms with Gasteiger partial charge in [-0.3, -0.25) is 13.2 Å². The smallest absolute Gasteiger partial charge is 0.399 e. The van der Waals surface area contributed by atoms with Crippen LogP contribution < -0.4 is 22.7 Å². The number of nitrogens with zero attached hydrogens (tertiary/aromatic N) is 15. The summed E-state index contributed by atoms with van der Waals surface area (Å²) in [6, 6.07) is 40.7. The van der Waals surface area contributed by atoms with Crippen molar-refractivity contribution < 1.29 is 9.31 Å². The van der Waals surface area contributed by atoms with E-state index in [0.29, 0.717) is 50.2 Å². The summed E-state index contributed by atoms with van der Waals surface area (Å²) in [5.74, 6) is 1.02. The molecule has 0 atom stereocenters. The van der Waals surface area contributed by atoms with E-state index in [4.69, 9.17) is 61.3 Å². The van der Waals surface area contributed by atoms with Gasteiger partial charge >= 0.3 is 7.12 Å². The van der Waals surface area contributed by atoms with Crippen molar-refractivity contribution in [1.29, 1.82) is 0 Å². The Morgan fingerprint density at radius 1 is 0.439 bits per heavy atom. The normalized spacial score (nSPS) is 13.3. The molecule has 1 fully saturated rings. The average molecular weight is 1220 g/mol. The molecule has 82 heavy (non-hydrogen) atoms. The van der Waals surface area contributed by atoms with Crippen LogP contribution in [-0.2, 0) is 9.31 Å². The zero-order valence-electron chi connectivity index (χ0n) is 45.2. The summed E-state index contributed by atoms with van der Waals surface area (Å²) in [6.07, 6.45) is 4.63. The van der Waals surface area contributed by atoms with Crippen LogP contribution in [0.4, 0.5) is 17.8 Å². The summed E-state index contributed by atoms with van der Waals surface area (Å²) >= 11 is 21.8. The molecule has 0 bridgehead atoms. The maximum Gasteiger partial charge on any atom is 0.495 e. The van der Waals surface area contributed by atoms with Gasteiger partial charge in [0.05, 0.1) is 43.9 Å². The van der Waals surface area contributed by atoms with Crippen molar-refractivity contribution in [3.63, 3.8) is 0 Å². The summed E-state index contributed by atoms with van der Waals surface area (Å²) in [4.78, 5) is 26.1. The lowest BCUT2D eigenvalue weighted by Gasteiger charge is -2.32. The minimum atomic E-state index is -0.376. The van der Waals surface area contributed by atoms with E-state index in [-0.39, 0.29) is 18.3 Å². The van der Waals surface area contributed by atoms with Crippen LogP contribution in [-0.4, -0.2) is 92.0 Å². The van der Waals surface area contributed by atoms with Gasteiger partial charge in [-0.15, -0.1) is 30.6 Å². The third-order valence-electron chi connectivity index (χ3n) is 13.4. The third kappa shape index (κ3) is 11.9. The Morgan fingerprint density at radius 3 is 1.17 bits per heavy atom. The van der Waals surface area contributed by atoms with Gasteiger partial charge in [0.2, 0.25) is 17.8 Å².